The molecule has 2 N–H and O–H groups in total. The third kappa shape index (κ3) is 4.91. The van der Waals surface area contributed by atoms with E-state index in [1.165, 1.54) is 14.2 Å². The highest BCUT2D eigenvalue weighted by Gasteiger charge is 2.27. The zero-order chi connectivity index (χ0) is 22.4. The van der Waals surface area contributed by atoms with Crippen molar-refractivity contribution in [2.24, 2.45) is 0 Å². The maximum atomic E-state index is 12.8. The van der Waals surface area contributed by atoms with E-state index in [2.05, 4.69) is 10.2 Å². The molecule has 3 rings (SSSR count). The summed E-state index contributed by atoms with van der Waals surface area (Å²) in [5.74, 6) is 0.870. The lowest BCUT2D eigenvalue weighted by Gasteiger charge is -2.18. The molecule has 1 heterocycles. The fourth-order valence-corrected chi connectivity index (χ4v) is 3.57. The van der Waals surface area contributed by atoms with E-state index in [4.69, 9.17) is 18.9 Å². The van der Waals surface area contributed by atoms with Gasteiger partial charge in [0.25, 0.3) is 5.56 Å². The lowest BCUT2D eigenvalue weighted by atomic mass is 9.87. The molecule has 0 aliphatic rings. The van der Waals surface area contributed by atoms with Crippen molar-refractivity contribution in [3.05, 3.63) is 75.2 Å². The first-order valence-corrected chi connectivity index (χ1v) is 9.71. The van der Waals surface area contributed by atoms with Gasteiger partial charge in [-0.2, -0.15) is 0 Å². The molecule has 31 heavy (non-hydrogen) atoms. The summed E-state index contributed by atoms with van der Waals surface area (Å²) in [6, 6.07) is 12.9. The largest absolute Gasteiger partial charge is 0.497 e. The summed E-state index contributed by atoms with van der Waals surface area (Å²) in [6.45, 7) is 0. The van der Waals surface area contributed by atoms with Gasteiger partial charge in [-0.1, -0.05) is 18.2 Å². The van der Waals surface area contributed by atoms with Gasteiger partial charge in [0.05, 0.1) is 34.9 Å². The highest BCUT2D eigenvalue weighted by molar-refractivity contribution is 5.71. The van der Waals surface area contributed by atoms with Crippen molar-refractivity contribution in [1.29, 1.82) is 0 Å². The summed E-state index contributed by atoms with van der Waals surface area (Å²) >= 11 is 0. The minimum atomic E-state index is -0.532. The number of benzene rings is 2. The Morgan fingerprint density at radius 2 is 1.61 bits per heavy atom. The van der Waals surface area contributed by atoms with Gasteiger partial charge in [-0.3, -0.25) is 14.7 Å². The standard InChI is InChI=1S/C23H26N2O6/c1-28-16-8-5-14(6-9-16)11-18-22(23(27)25-24-18)17(13-21(26)31-4)15-7-10-19(29-2)20(12-15)30-3/h5-10,12,17H,11,13H2,1-4H3,(H2,24,25,27)/t17-/m0/s1. The first-order valence-electron chi connectivity index (χ1n) is 9.71. The van der Waals surface area contributed by atoms with Crippen molar-refractivity contribution in [1.82, 2.24) is 10.2 Å². The van der Waals surface area contributed by atoms with Crippen LogP contribution in [0.5, 0.6) is 17.2 Å². The number of aromatic nitrogens is 2. The Labute approximate surface area is 180 Å². The Morgan fingerprint density at radius 1 is 0.903 bits per heavy atom. The van der Waals surface area contributed by atoms with Gasteiger partial charge in [0.2, 0.25) is 0 Å². The van der Waals surface area contributed by atoms with Crippen LogP contribution in [0, 0.1) is 0 Å². The van der Waals surface area contributed by atoms with Gasteiger partial charge < -0.3 is 24.0 Å². The van der Waals surface area contributed by atoms with E-state index >= 15 is 0 Å². The molecule has 8 nitrogen and oxygen atoms in total. The van der Waals surface area contributed by atoms with E-state index in [1.54, 1.807) is 26.4 Å². The lowest BCUT2D eigenvalue weighted by Crippen LogP contribution is -2.18. The molecule has 0 amide bonds. The maximum Gasteiger partial charge on any atom is 0.306 e. The lowest BCUT2D eigenvalue weighted by molar-refractivity contribution is -0.140. The number of hydrogen-bond acceptors (Lipinski definition) is 6. The number of carbonyl (C=O) groups is 1. The second kappa shape index (κ2) is 9.88. The molecule has 0 aliphatic carbocycles. The quantitative estimate of drug-likeness (QED) is 0.510. The molecule has 3 aromatic rings. The fraction of sp³-hybridized carbons (Fsp3) is 0.304. The average molecular weight is 426 g/mol. The molecule has 0 saturated carbocycles. The molecular formula is C23H26N2O6. The van der Waals surface area contributed by atoms with Crippen LogP contribution in [-0.2, 0) is 16.0 Å². The number of methoxy groups -OCH3 is 4. The van der Waals surface area contributed by atoms with E-state index in [0.717, 1.165) is 16.9 Å². The maximum absolute atomic E-state index is 12.8. The second-order valence-electron chi connectivity index (χ2n) is 6.94. The number of carbonyl (C=O) groups excluding carboxylic acids is 1. The van der Waals surface area contributed by atoms with Crippen LogP contribution in [0.2, 0.25) is 0 Å². The molecule has 1 aromatic heterocycles. The molecule has 0 spiro atoms. The number of hydrogen-bond donors (Lipinski definition) is 2. The van der Waals surface area contributed by atoms with Crippen molar-refractivity contribution >= 4 is 5.97 Å². The zero-order valence-electron chi connectivity index (χ0n) is 18.0. The van der Waals surface area contributed by atoms with E-state index in [1.807, 2.05) is 30.3 Å². The van der Waals surface area contributed by atoms with Crippen LogP contribution in [0.15, 0.2) is 47.3 Å². The Balaban J connectivity index is 2.04. The molecule has 0 saturated heterocycles. The van der Waals surface area contributed by atoms with Crippen molar-refractivity contribution in [2.45, 2.75) is 18.8 Å². The van der Waals surface area contributed by atoms with Crippen LogP contribution in [0.25, 0.3) is 0 Å². The minimum absolute atomic E-state index is 0.00251. The number of ether oxygens (including phenoxy) is 4. The van der Waals surface area contributed by atoms with Crippen LogP contribution < -0.4 is 19.8 Å². The predicted molar refractivity (Wildman–Crippen MR) is 115 cm³/mol. The van der Waals surface area contributed by atoms with Gasteiger partial charge >= 0.3 is 5.97 Å². The molecule has 0 aliphatic heterocycles. The van der Waals surface area contributed by atoms with Crippen molar-refractivity contribution in [3.8, 4) is 17.2 Å². The fourth-order valence-electron chi connectivity index (χ4n) is 3.57. The molecule has 0 unspecified atom stereocenters. The average Bonchev–Trinajstić information content (AvgIpc) is 3.16. The molecule has 164 valence electrons. The number of H-pyrrole nitrogens is 2. The summed E-state index contributed by atoms with van der Waals surface area (Å²) in [7, 11) is 6.02. The van der Waals surface area contributed by atoms with Gasteiger partial charge in [0.1, 0.15) is 5.75 Å². The van der Waals surface area contributed by atoms with E-state index in [-0.39, 0.29) is 12.0 Å². The molecule has 1 atom stereocenters. The Hall–Kier alpha value is -3.68. The Morgan fingerprint density at radius 3 is 2.23 bits per heavy atom. The van der Waals surface area contributed by atoms with Crippen LogP contribution >= 0.6 is 0 Å². The van der Waals surface area contributed by atoms with E-state index < -0.39 is 11.9 Å². The predicted octanol–water partition coefficient (Wildman–Crippen LogP) is 3.01. The molecule has 0 fully saturated rings. The Kier molecular flexibility index (Phi) is 7.02. The highest BCUT2D eigenvalue weighted by atomic mass is 16.5. The van der Waals surface area contributed by atoms with Crippen molar-refractivity contribution in [3.63, 3.8) is 0 Å². The Bertz CT molecular complexity index is 1080. The number of aromatic amines is 2. The van der Waals surface area contributed by atoms with Gasteiger partial charge in [-0.15, -0.1) is 0 Å². The third-order valence-corrected chi connectivity index (χ3v) is 5.19. The van der Waals surface area contributed by atoms with Gasteiger partial charge in [-0.25, -0.2) is 0 Å². The van der Waals surface area contributed by atoms with E-state index in [9.17, 15) is 9.59 Å². The number of nitrogens with one attached hydrogen (secondary N) is 2. The molecule has 0 bridgehead atoms. The summed E-state index contributed by atoms with van der Waals surface area (Å²) in [5, 5.41) is 5.63. The smallest absolute Gasteiger partial charge is 0.306 e. The van der Waals surface area contributed by atoms with Crippen LogP contribution in [0.1, 0.15) is 34.7 Å². The third-order valence-electron chi connectivity index (χ3n) is 5.19. The molecule has 2 aromatic carbocycles. The van der Waals surface area contributed by atoms with Gasteiger partial charge in [0, 0.05) is 23.6 Å². The van der Waals surface area contributed by atoms with E-state index in [0.29, 0.717) is 29.2 Å². The molecule has 8 heteroatoms. The highest BCUT2D eigenvalue weighted by Crippen LogP contribution is 2.35. The van der Waals surface area contributed by atoms with Crippen molar-refractivity contribution < 1.29 is 23.7 Å². The zero-order valence-corrected chi connectivity index (χ0v) is 18.0. The van der Waals surface area contributed by atoms with Crippen LogP contribution in [0.4, 0.5) is 0 Å². The molecular weight excluding hydrogens is 400 g/mol. The van der Waals surface area contributed by atoms with Crippen LogP contribution in [0.3, 0.4) is 0 Å². The van der Waals surface area contributed by atoms with Gasteiger partial charge in [-0.05, 0) is 35.4 Å². The van der Waals surface area contributed by atoms with Crippen molar-refractivity contribution in [2.75, 3.05) is 28.4 Å². The summed E-state index contributed by atoms with van der Waals surface area (Å²) < 4.78 is 20.8. The first-order chi connectivity index (χ1) is 15.0. The monoisotopic (exact) mass is 426 g/mol. The molecule has 0 radical (unpaired) electrons. The summed E-state index contributed by atoms with van der Waals surface area (Å²) in [4.78, 5) is 25.0. The summed E-state index contributed by atoms with van der Waals surface area (Å²) in [6.07, 6.45) is 0.478. The summed E-state index contributed by atoms with van der Waals surface area (Å²) in [5.41, 5.74) is 2.62. The normalized spacial score (nSPS) is 11.6. The first kappa shape index (κ1) is 22.0. The number of esters is 1. The minimum Gasteiger partial charge on any atom is -0.497 e. The van der Waals surface area contributed by atoms with Gasteiger partial charge in [0.15, 0.2) is 11.5 Å². The SMILES string of the molecule is COC(=O)C[C@@H](c1ccc(OC)c(OC)c1)c1c(Cc2ccc(OC)cc2)[nH][nH]c1=O. The number of rotatable bonds is 9. The second-order valence-corrected chi connectivity index (χ2v) is 6.94. The van der Waals surface area contributed by atoms with Crippen LogP contribution in [-0.4, -0.2) is 44.6 Å². The topological polar surface area (TPSA) is 103 Å².